The topological polar surface area (TPSA) is 70.1 Å². The molecule has 1 saturated heterocycles. The molecular formula is C24H26N2O4S. The largest absolute Gasteiger partial charge is 0.508 e. The molecule has 0 atom stereocenters. The number of phenols is 1. The third kappa shape index (κ3) is 4.90. The van der Waals surface area contributed by atoms with E-state index >= 15 is 0 Å². The van der Waals surface area contributed by atoms with Crippen LogP contribution in [0, 0.1) is 0 Å². The Morgan fingerprint density at radius 1 is 1.00 bits per heavy atom. The molecule has 0 bridgehead atoms. The minimum atomic E-state index is -3.47. The molecule has 0 amide bonds. The number of hydrogen-bond donors (Lipinski definition) is 1. The molecule has 31 heavy (non-hydrogen) atoms. The molecule has 7 heteroatoms. The highest BCUT2D eigenvalue weighted by molar-refractivity contribution is 7.92. The van der Waals surface area contributed by atoms with E-state index in [4.69, 9.17) is 4.74 Å². The Balaban J connectivity index is 1.45. The van der Waals surface area contributed by atoms with Crippen molar-refractivity contribution in [1.82, 2.24) is 9.21 Å². The van der Waals surface area contributed by atoms with E-state index in [1.54, 1.807) is 19.3 Å². The molecular weight excluding hydrogens is 412 g/mol. The van der Waals surface area contributed by atoms with Gasteiger partial charge in [0.05, 0.1) is 7.11 Å². The average molecular weight is 439 g/mol. The fraction of sp³-hybridized carbons (Fsp3) is 0.250. The SMILES string of the molecule is COc1ccc2ccc(O)c(CN3CCN(S(=O)(=O)/C=C\c4ccccc4)CC3)c2c1. The number of fused-ring (bicyclic) bond motifs is 1. The van der Waals surface area contributed by atoms with Crippen molar-refractivity contribution in [2.45, 2.75) is 6.54 Å². The Labute approximate surface area is 183 Å². The summed E-state index contributed by atoms with van der Waals surface area (Å²) in [4.78, 5) is 2.17. The molecule has 0 radical (unpaired) electrons. The summed E-state index contributed by atoms with van der Waals surface area (Å²) in [5.74, 6) is 0.974. The Hall–Kier alpha value is -2.87. The van der Waals surface area contributed by atoms with Crippen molar-refractivity contribution in [3.8, 4) is 11.5 Å². The van der Waals surface area contributed by atoms with Crippen molar-refractivity contribution in [2.24, 2.45) is 0 Å². The first kappa shape index (κ1) is 21.4. The molecule has 3 aromatic carbocycles. The molecule has 0 aliphatic carbocycles. The third-order valence-corrected chi connectivity index (χ3v) is 7.19. The van der Waals surface area contributed by atoms with Crippen molar-refractivity contribution in [1.29, 1.82) is 0 Å². The fourth-order valence-corrected chi connectivity index (χ4v) is 5.00. The molecule has 162 valence electrons. The van der Waals surface area contributed by atoms with Crippen molar-refractivity contribution < 1.29 is 18.3 Å². The van der Waals surface area contributed by atoms with Crippen molar-refractivity contribution >= 4 is 26.9 Å². The highest BCUT2D eigenvalue weighted by Crippen LogP contribution is 2.31. The Kier molecular flexibility index (Phi) is 6.27. The monoisotopic (exact) mass is 438 g/mol. The molecule has 0 unspecified atom stereocenters. The second-order valence-corrected chi connectivity index (χ2v) is 9.40. The van der Waals surface area contributed by atoms with Crippen molar-refractivity contribution in [3.63, 3.8) is 0 Å². The number of nitrogens with zero attached hydrogens (tertiary/aromatic N) is 2. The van der Waals surface area contributed by atoms with Crippen LogP contribution in [0.2, 0.25) is 0 Å². The molecule has 1 N–H and O–H groups in total. The Morgan fingerprint density at radius 2 is 1.71 bits per heavy atom. The highest BCUT2D eigenvalue weighted by atomic mass is 32.2. The van der Waals surface area contributed by atoms with Gasteiger partial charge in [-0.3, -0.25) is 4.90 Å². The molecule has 0 spiro atoms. The molecule has 6 nitrogen and oxygen atoms in total. The van der Waals surface area contributed by atoms with Crippen molar-refractivity contribution in [2.75, 3.05) is 33.3 Å². The lowest BCUT2D eigenvalue weighted by Crippen LogP contribution is -2.47. The average Bonchev–Trinajstić information content (AvgIpc) is 2.80. The summed E-state index contributed by atoms with van der Waals surface area (Å²) in [5.41, 5.74) is 1.68. The maximum Gasteiger partial charge on any atom is 0.236 e. The van der Waals surface area contributed by atoms with E-state index in [0.29, 0.717) is 32.7 Å². The van der Waals surface area contributed by atoms with Gasteiger partial charge in [-0.2, -0.15) is 4.31 Å². The molecule has 3 aromatic rings. The van der Waals surface area contributed by atoms with Gasteiger partial charge in [-0.05, 0) is 40.6 Å². The number of piperazine rings is 1. The maximum absolute atomic E-state index is 12.7. The van der Waals surface area contributed by atoms with Gasteiger partial charge in [0.1, 0.15) is 11.5 Å². The second-order valence-electron chi connectivity index (χ2n) is 7.58. The van der Waals surface area contributed by atoms with Gasteiger partial charge in [0.25, 0.3) is 0 Å². The van der Waals surface area contributed by atoms with Crippen LogP contribution >= 0.6 is 0 Å². The van der Waals surface area contributed by atoms with Crippen LogP contribution in [0.1, 0.15) is 11.1 Å². The minimum Gasteiger partial charge on any atom is -0.508 e. The van der Waals surface area contributed by atoms with Gasteiger partial charge in [0.15, 0.2) is 0 Å². The first-order valence-corrected chi connectivity index (χ1v) is 11.7. The molecule has 1 aliphatic rings. The second kappa shape index (κ2) is 9.09. The summed E-state index contributed by atoms with van der Waals surface area (Å²) in [6.07, 6.45) is 1.63. The molecule has 0 saturated carbocycles. The lowest BCUT2D eigenvalue weighted by Gasteiger charge is -2.33. The van der Waals surface area contributed by atoms with E-state index in [1.807, 2.05) is 54.6 Å². The lowest BCUT2D eigenvalue weighted by molar-refractivity contribution is 0.181. The van der Waals surface area contributed by atoms with Crippen LogP contribution in [0.3, 0.4) is 0 Å². The molecule has 1 aliphatic heterocycles. The van der Waals surface area contributed by atoms with E-state index < -0.39 is 10.0 Å². The smallest absolute Gasteiger partial charge is 0.236 e. The van der Waals surface area contributed by atoms with Crippen LogP contribution in [0.5, 0.6) is 11.5 Å². The number of rotatable bonds is 6. The summed E-state index contributed by atoms with van der Waals surface area (Å²) in [7, 11) is -1.85. The van der Waals surface area contributed by atoms with Crippen LogP contribution in [-0.2, 0) is 16.6 Å². The van der Waals surface area contributed by atoms with E-state index in [2.05, 4.69) is 4.90 Å². The number of methoxy groups -OCH3 is 1. The quantitative estimate of drug-likeness (QED) is 0.636. The number of hydrogen-bond acceptors (Lipinski definition) is 5. The number of sulfonamides is 1. The van der Waals surface area contributed by atoms with Crippen LogP contribution in [-0.4, -0.2) is 56.0 Å². The summed E-state index contributed by atoms with van der Waals surface area (Å²) in [6.45, 7) is 2.56. The highest BCUT2D eigenvalue weighted by Gasteiger charge is 2.25. The van der Waals surface area contributed by atoms with Gasteiger partial charge in [0, 0.05) is 43.7 Å². The van der Waals surface area contributed by atoms with Gasteiger partial charge in [0.2, 0.25) is 10.0 Å². The number of phenolic OH excluding ortho intramolecular Hbond substituents is 1. The fourth-order valence-electron chi connectivity index (χ4n) is 3.82. The zero-order chi connectivity index (χ0) is 21.8. The van der Waals surface area contributed by atoms with Gasteiger partial charge in [-0.25, -0.2) is 8.42 Å². The third-order valence-electron chi connectivity index (χ3n) is 5.62. The molecule has 1 heterocycles. The Morgan fingerprint density at radius 3 is 2.42 bits per heavy atom. The lowest BCUT2D eigenvalue weighted by atomic mass is 10.0. The van der Waals surface area contributed by atoms with Crippen LogP contribution < -0.4 is 4.74 Å². The van der Waals surface area contributed by atoms with Gasteiger partial charge in [-0.15, -0.1) is 0 Å². The zero-order valence-electron chi connectivity index (χ0n) is 17.4. The summed E-state index contributed by atoms with van der Waals surface area (Å²) in [5, 5.41) is 13.7. The van der Waals surface area contributed by atoms with Gasteiger partial charge < -0.3 is 9.84 Å². The summed E-state index contributed by atoms with van der Waals surface area (Å²) in [6, 6.07) is 18.8. The number of aromatic hydroxyl groups is 1. The number of benzene rings is 3. The molecule has 1 fully saturated rings. The summed E-state index contributed by atoms with van der Waals surface area (Å²) < 4.78 is 32.2. The predicted molar refractivity (Wildman–Crippen MR) is 123 cm³/mol. The number of ether oxygens (including phenoxy) is 1. The van der Waals surface area contributed by atoms with E-state index in [0.717, 1.165) is 27.6 Å². The maximum atomic E-state index is 12.7. The zero-order valence-corrected chi connectivity index (χ0v) is 18.3. The van der Waals surface area contributed by atoms with Crippen LogP contribution in [0.25, 0.3) is 16.8 Å². The molecule has 4 rings (SSSR count). The van der Waals surface area contributed by atoms with Crippen LogP contribution in [0.15, 0.2) is 66.1 Å². The van der Waals surface area contributed by atoms with Crippen LogP contribution in [0.4, 0.5) is 0 Å². The van der Waals surface area contributed by atoms with E-state index in [-0.39, 0.29) is 5.75 Å². The molecule has 0 aromatic heterocycles. The predicted octanol–water partition coefficient (Wildman–Crippen LogP) is 3.67. The van der Waals surface area contributed by atoms with E-state index in [1.165, 1.54) is 9.71 Å². The first-order valence-electron chi connectivity index (χ1n) is 10.2. The first-order chi connectivity index (χ1) is 15.0. The summed E-state index contributed by atoms with van der Waals surface area (Å²) >= 11 is 0. The van der Waals surface area contributed by atoms with Gasteiger partial charge >= 0.3 is 0 Å². The van der Waals surface area contributed by atoms with Crippen molar-refractivity contribution in [3.05, 3.63) is 77.2 Å². The standard InChI is InChI=1S/C24H26N2O4S/c1-30-21-9-7-20-8-10-24(27)23(22(20)17-21)18-25-12-14-26(15-13-25)31(28,29)16-11-19-5-3-2-4-6-19/h2-11,16-17,27H,12-15,18H2,1H3/b16-11-. The van der Waals surface area contributed by atoms with E-state index in [9.17, 15) is 13.5 Å². The normalized spacial score (nSPS) is 16.2. The minimum absolute atomic E-state index is 0.238. The Bertz CT molecular complexity index is 1180. The van der Waals surface area contributed by atoms with Gasteiger partial charge in [-0.1, -0.05) is 42.5 Å².